The number of aromatic nitrogens is 1. The molecule has 7 nitrogen and oxygen atoms in total. The van der Waals surface area contributed by atoms with Gasteiger partial charge in [-0.3, -0.25) is 4.79 Å². The average molecular weight is 490 g/mol. The van der Waals surface area contributed by atoms with Crippen molar-refractivity contribution in [2.45, 2.75) is 20.5 Å². The van der Waals surface area contributed by atoms with Gasteiger partial charge in [-0.05, 0) is 55.8 Å². The van der Waals surface area contributed by atoms with Crippen LogP contribution in [0.3, 0.4) is 0 Å². The minimum atomic E-state index is -0.666. The Morgan fingerprint density at radius 3 is 2.52 bits per heavy atom. The minimum absolute atomic E-state index is 0.252. The van der Waals surface area contributed by atoms with Crippen molar-refractivity contribution in [1.82, 2.24) is 5.16 Å². The second-order valence-corrected chi connectivity index (χ2v) is 7.81. The summed E-state index contributed by atoms with van der Waals surface area (Å²) in [4.78, 5) is 24.2. The first-order chi connectivity index (χ1) is 15.8. The molecule has 0 atom stereocenters. The second-order valence-electron chi connectivity index (χ2n) is 6.99. The number of rotatable bonds is 9. The van der Waals surface area contributed by atoms with E-state index in [9.17, 15) is 9.59 Å². The van der Waals surface area contributed by atoms with Crippen LogP contribution in [-0.2, 0) is 16.1 Å². The lowest BCUT2D eigenvalue weighted by atomic mass is 10.1. The summed E-state index contributed by atoms with van der Waals surface area (Å²) in [7, 11) is 1.52. The van der Waals surface area contributed by atoms with Crippen LogP contribution in [0.15, 0.2) is 47.0 Å². The van der Waals surface area contributed by atoms with Crippen LogP contribution in [0.1, 0.15) is 32.9 Å². The highest BCUT2D eigenvalue weighted by Gasteiger charge is 2.13. The number of halogens is 2. The number of nitrogens with zero attached hydrogens (tertiary/aromatic N) is 1. The zero-order valence-corrected chi connectivity index (χ0v) is 19.7. The number of ketones is 1. The highest BCUT2D eigenvalue weighted by atomic mass is 35.5. The van der Waals surface area contributed by atoms with Crippen molar-refractivity contribution in [3.8, 4) is 11.5 Å². The number of ether oxygens (including phenoxy) is 3. The predicted octanol–water partition coefficient (Wildman–Crippen LogP) is 5.63. The van der Waals surface area contributed by atoms with Crippen LogP contribution >= 0.6 is 23.2 Å². The van der Waals surface area contributed by atoms with E-state index in [0.717, 1.165) is 11.3 Å². The smallest absolute Gasteiger partial charge is 0.331 e. The lowest BCUT2D eigenvalue weighted by Gasteiger charge is -2.11. The van der Waals surface area contributed by atoms with Crippen LogP contribution in [-0.4, -0.2) is 30.6 Å². The molecule has 2 aromatic carbocycles. The summed E-state index contributed by atoms with van der Waals surface area (Å²) < 4.78 is 21.4. The number of Topliss-reactive ketones (excluding diaryl/α,β-unsaturated/α-hetero) is 1. The Bertz CT molecular complexity index is 1180. The van der Waals surface area contributed by atoms with E-state index in [4.69, 9.17) is 41.9 Å². The molecule has 172 valence electrons. The molecule has 0 saturated carbocycles. The zero-order chi connectivity index (χ0) is 24.0. The largest absolute Gasteiger partial charge is 0.493 e. The molecule has 0 bridgehead atoms. The Hall–Kier alpha value is -3.29. The topological polar surface area (TPSA) is 87.9 Å². The van der Waals surface area contributed by atoms with Crippen molar-refractivity contribution in [2.75, 3.05) is 13.7 Å². The maximum Gasteiger partial charge on any atom is 0.331 e. The predicted molar refractivity (Wildman–Crippen MR) is 124 cm³/mol. The number of hydrogen-bond donors (Lipinski definition) is 0. The Kier molecular flexibility index (Phi) is 8.14. The van der Waals surface area contributed by atoms with Crippen molar-refractivity contribution >= 4 is 41.0 Å². The van der Waals surface area contributed by atoms with Crippen molar-refractivity contribution in [1.29, 1.82) is 0 Å². The first kappa shape index (κ1) is 24.4. The van der Waals surface area contributed by atoms with Gasteiger partial charge in [0, 0.05) is 11.6 Å². The molecule has 33 heavy (non-hydrogen) atoms. The third kappa shape index (κ3) is 6.37. The molecule has 0 radical (unpaired) electrons. The van der Waals surface area contributed by atoms with E-state index < -0.39 is 18.4 Å². The fraction of sp³-hybridized carbons (Fsp3) is 0.208. The van der Waals surface area contributed by atoms with Crippen molar-refractivity contribution in [3.63, 3.8) is 0 Å². The molecule has 3 rings (SSSR count). The van der Waals surface area contributed by atoms with Crippen LogP contribution in [0.4, 0.5) is 0 Å². The summed E-state index contributed by atoms with van der Waals surface area (Å²) >= 11 is 11.7. The van der Waals surface area contributed by atoms with E-state index in [0.29, 0.717) is 33.4 Å². The molecule has 9 heteroatoms. The minimum Gasteiger partial charge on any atom is -0.493 e. The molecular weight excluding hydrogens is 469 g/mol. The molecule has 0 saturated heterocycles. The highest BCUT2D eigenvalue weighted by Crippen LogP contribution is 2.30. The molecule has 0 N–H and O–H groups in total. The summed E-state index contributed by atoms with van der Waals surface area (Å²) in [5.41, 5.74) is 2.63. The molecule has 0 unspecified atom stereocenters. The SMILES string of the molecule is COc1cc(/C=C/C(=O)OCC(=O)c2ccc(Cl)c(Cl)c2)ccc1OCc1c(C)noc1C. The van der Waals surface area contributed by atoms with Gasteiger partial charge in [0.1, 0.15) is 12.4 Å². The van der Waals surface area contributed by atoms with Crippen molar-refractivity contribution < 1.29 is 28.3 Å². The molecule has 0 amide bonds. The van der Waals surface area contributed by atoms with E-state index in [-0.39, 0.29) is 11.6 Å². The number of carbonyl (C=O) groups is 2. The van der Waals surface area contributed by atoms with Crippen LogP contribution < -0.4 is 9.47 Å². The number of esters is 1. The molecule has 0 fully saturated rings. The van der Waals surface area contributed by atoms with E-state index in [1.165, 1.54) is 31.4 Å². The van der Waals surface area contributed by atoms with Gasteiger partial charge >= 0.3 is 5.97 Å². The molecule has 1 heterocycles. The van der Waals surface area contributed by atoms with Crippen LogP contribution in [0.5, 0.6) is 11.5 Å². The first-order valence-electron chi connectivity index (χ1n) is 9.84. The highest BCUT2D eigenvalue weighted by molar-refractivity contribution is 6.42. The maximum atomic E-state index is 12.2. The average Bonchev–Trinajstić information content (AvgIpc) is 3.13. The van der Waals surface area contributed by atoms with Crippen molar-refractivity contribution in [3.05, 3.63) is 80.7 Å². The maximum absolute atomic E-state index is 12.2. The van der Waals surface area contributed by atoms with Crippen molar-refractivity contribution in [2.24, 2.45) is 0 Å². The third-order valence-corrected chi connectivity index (χ3v) is 5.48. The van der Waals surface area contributed by atoms with E-state index >= 15 is 0 Å². The normalized spacial score (nSPS) is 10.9. The molecular formula is C24H21Cl2NO6. The summed E-state index contributed by atoms with van der Waals surface area (Å²) in [6.07, 6.45) is 2.77. The molecule has 0 spiro atoms. The summed E-state index contributed by atoms with van der Waals surface area (Å²) in [6.45, 7) is 3.53. The molecule has 0 aliphatic rings. The molecule has 0 aliphatic heterocycles. The van der Waals surface area contributed by atoms with Gasteiger partial charge in [0.15, 0.2) is 23.9 Å². The van der Waals surface area contributed by atoms with Crippen LogP contribution in [0.25, 0.3) is 6.08 Å². The van der Waals surface area contributed by atoms with Gasteiger partial charge < -0.3 is 18.7 Å². The standard InChI is InChI=1S/C24H21Cl2NO6/c1-14-18(15(2)33-27-14)12-31-22-8-4-16(10-23(22)30-3)5-9-24(29)32-13-21(28)17-6-7-19(25)20(26)11-17/h4-11H,12-13H2,1-3H3/b9-5+. The quantitative estimate of drug-likeness (QED) is 0.218. The van der Waals surface area contributed by atoms with Gasteiger partial charge in [0.05, 0.1) is 28.4 Å². The number of carbonyl (C=O) groups excluding carboxylic acids is 2. The fourth-order valence-corrected chi connectivity index (χ4v) is 3.17. The summed E-state index contributed by atoms with van der Waals surface area (Å²) in [5.74, 6) is 0.664. The summed E-state index contributed by atoms with van der Waals surface area (Å²) in [6, 6.07) is 9.66. The second kappa shape index (κ2) is 11.0. The van der Waals surface area contributed by atoms with Gasteiger partial charge in [0.25, 0.3) is 0 Å². The Labute approximate surface area is 200 Å². The van der Waals surface area contributed by atoms with Crippen LogP contribution in [0.2, 0.25) is 10.0 Å². The number of aryl methyl sites for hydroxylation is 2. The van der Waals surface area contributed by atoms with E-state index in [2.05, 4.69) is 5.16 Å². The number of benzene rings is 2. The molecule has 3 aromatic rings. The van der Waals surface area contributed by atoms with E-state index in [1.807, 2.05) is 13.8 Å². The Morgan fingerprint density at radius 1 is 1.06 bits per heavy atom. The van der Waals surface area contributed by atoms with Gasteiger partial charge in [-0.2, -0.15) is 0 Å². The lowest BCUT2D eigenvalue weighted by molar-refractivity contribution is -0.136. The zero-order valence-electron chi connectivity index (χ0n) is 18.2. The van der Waals surface area contributed by atoms with Gasteiger partial charge in [0.2, 0.25) is 0 Å². The monoisotopic (exact) mass is 489 g/mol. The molecule has 0 aliphatic carbocycles. The molecule has 1 aromatic heterocycles. The Morgan fingerprint density at radius 2 is 1.85 bits per heavy atom. The third-order valence-electron chi connectivity index (χ3n) is 4.74. The Balaban J connectivity index is 1.58. The first-order valence-corrected chi connectivity index (χ1v) is 10.6. The summed E-state index contributed by atoms with van der Waals surface area (Å²) in [5, 5.41) is 4.49. The number of hydrogen-bond acceptors (Lipinski definition) is 7. The van der Waals surface area contributed by atoms with Gasteiger partial charge in [-0.1, -0.05) is 34.4 Å². The fourth-order valence-electron chi connectivity index (χ4n) is 2.87. The lowest BCUT2D eigenvalue weighted by Crippen LogP contribution is -2.12. The van der Waals surface area contributed by atoms with Gasteiger partial charge in [-0.25, -0.2) is 4.79 Å². The van der Waals surface area contributed by atoms with Gasteiger partial charge in [-0.15, -0.1) is 0 Å². The van der Waals surface area contributed by atoms with Crippen LogP contribution in [0, 0.1) is 13.8 Å². The van der Waals surface area contributed by atoms with E-state index in [1.54, 1.807) is 24.3 Å². The number of methoxy groups -OCH3 is 1.